The van der Waals surface area contributed by atoms with Crippen LogP contribution < -0.4 is 9.47 Å². The van der Waals surface area contributed by atoms with Crippen molar-refractivity contribution in [2.75, 3.05) is 14.2 Å². The molecule has 3 saturated heterocycles. The lowest BCUT2D eigenvalue weighted by Gasteiger charge is -2.51. The van der Waals surface area contributed by atoms with E-state index in [0.29, 0.717) is 17.1 Å². The summed E-state index contributed by atoms with van der Waals surface area (Å²) >= 11 is 0. The highest BCUT2D eigenvalue weighted by Gasteiger charge is 2.93. The summed E-state index contributed by atoms with van der Waals surface area (Å²) in [6.45, 7) is 5.20. The van der Waals surface area contributed by atoms with Crippen molar-refractivity contribution in [1.82, 2.24) is 4.90 Å². The van der Waals surface area contributed by atoms with Gasteiger partial charge in [-0.25, -0.2) is 4.79 Å². The van der Waals surface area contributed by atoms with Crippen molar-refractivity contribution < 1.29 is 48.0 Å². The van der Waals surface area contributed by atoms with Gasteiger partial charge >= 0.3 is 17.9 Å². The number of hydrogen-bond donors (Lipinski definition) is 1. The maximum atomic E-state index is 14.5. The van der Waals surface area contributed by atoms with Crippen LogP contribution in [0.15, 0.2) is 48.5 Å². The van der Waals surface area contributed by atoms with Gasteiger partial charge in [-0.05, 0) is 29.7 Å². The van der Waals surface area contributed by atoms with Crippen LogP contribution in [-0.2, 0) is 35.1 Å². The van der Waals surface area contributed by atoms with Crippen molar-refractivity contribution in [1.29, 1.82) is 0 Å². The third kappa shape index (κ3) is 3.37. The summed E-state index contributed by atoms with van der Waals surface area (Å²) in [4.78, 5) is 56.0. The van der Waals surface area contributed by atoms with Gasteiger partial charge < -0.3 is 28.8 Å². The number of amides is 1. The summed E-state index contributed by atoms with van der Waals surface area (Å²) in [5.74, 6) is -1.97. The first-order valence-corrected chi connectivity index (χ1v) is 13.8. The molecule has 11 nitrogen and oxygen atoms in total. The second-order valence-electron chi connectivity index (χ2n) is 12.4. The number of carbonyl (C=O) groups is 4. The van der Waals surface area contributed by atoms with Crippen molar-refractivity contribution in [3.63, 3.8) is 0 Å². The largest absolute Gasteiger partial charge is 0.497 e. The first-order chi connectivity index (χ1) is 19.9. The zero-order valence-electron chi connectivity index (χ0n) is 24.0. The van der Waals surface area contributed by atoms with E-state index in [9.17, 15) is 24.3 Å². The number of hydrogen-bond acceptors (Lipinski definition) is 10. The Morgan fingerprint density at radius 3 is 2.40 bits per heavy atom. The minimum Gasteiger partial charge on any atom is -0.497 e. The molecule has 1 N–H and O–H groups in total. The van der Waals surface area contributed by atoms with E-state index in [1.54, 1.807) is 69.3 Å². The van der Waals surface area contributed by atoms with E-state index in [4.69, 9.17) is 23.7 Å². The van der Waals surface area contributed by atoms with Crippen molar-refractivity contribution in [2.24, 2.45) is 16.2 Å². The average molecular weight is 580 g/mol. The molecule has 1 aliphatic carbocycles. The Bertz CT molecular complexity index is 1480. The Hall–Kier alpha value is -4.12. The molecule has 2 spiro atoms. The molecule has 42 heavy (non-hydrogen) atoms. The second kappa shape index (κ2) is 9.19. The van der Waals surface area contributed by atoms with Gasteiger partial charge in [-0.2, -0.15) is 0 Å². The molecule has 2 aromatic carbocycles. The number of nitrogens with zero attached hydrogens (tertiary/aromatic N) is 1. The lowest BCUT2D eigenvalue weighted by molar-refractivity contribution is -0.212. The highest BCUT2D eigenvalue weighted by molar-refractivity contribution is 5.99. The van der Waals surface area contributed by atoms with E-state index < -0.39 is 70.5 Å². The molecular formula is C31H33NO10. The molecule has 0 unspecified atom stereocenters. The Labute approximate surface area is 242 Å². The summed E-state index contributed by atoms with van der Waals surface area (Å²) in [6.07, 6.45) is -4.68. The standard InChI is InChI=1S/C31H33NO10/c1-28(2,3)30(37)14-21-29(15-22(33)40-21)27(36)42-26-31(29,30)23(41-25(35)17-9-7-6-8-10-17)24(34)32(26)16-18-11-12-19(38-4)13-20(18)39-5/h6-13,21,23,26,37H,14-16H2,1-5H3/t21-,23+,26-,29-,30+,31+/m0/s1. The molecule has 0 bridgehead atoms. The average Bonchev–Trinajstić information content (AvgIpc) is 3.57. The number of likely N-dealkylation sites (tertiary alicyclic amines) is 1. The topological polar surface area (TPSA) is 138 Å². The van der Waals surface area contributed by atoms with Gasteiger partial charge in [0, 0.05) is 18.1 Å². The molecule has 4 fully saturated rings. The lowest BCUT2D eigenvalue weighted by Crippen LogP contribution is -2.66. The van der Waals surface area contributed by atoms with Gasteiger partial charge in [0.25, 0.3) is 5.91 Å². The molecule has 222 valence electrons. The number of aliphatic hydroxyl groups is 1. The summed E-state index contributed by atoms with van der Waals surface area (Å²) in [5, 5.41) is 12.8. The van der Waals surface area contributed by atoms with Crippen LogP contribution in [0.3, 0.4) is 0 Å². The fourth-order valence-corrected chi connectivity index (χ4v) is 7.67. The van der Waals surface area contributed by atoms with Gasteiger partial charge in [0.05, 0.1) is 38.3 Å². The van der Waals surface area contributed by atoms with Crippen LogP contribution in [0.1, 0.15) is 49.5 Å². The van der Waals surface area contributed by atoms with Crippen molar-refractivity contribution >= 4 is 23.8 Å². The number of rotatable bonds is 6. The minimum absolute atomic E-state index is 0.110. The number of carbonyl (C=O) groups excluding carboxylic acids is 4. The molecule has 3 heterocycles. The second-order valence-corrected chi connectivity index (χ2v) is 12.4. The van der Waals surface area contributed by atoms with Crippen LogP contribution >= 0.6 is 0 Å². The van der Waals surface area contributed by atoms with E-state index in [0.717, 1.165) is 0 Å². The van der Waals surface area contributed by atoms with Crippen LogP contribution in [0.2, 0.25) is 0 Å². The molecule has 6 rings (SSSR count). The fraction of sp³-hybridized carbons (Fsp3) is 0.484. The van der Waals surface area contributed by atoms with Crippen LogP contribution in [0.5, 0.6) is 11.5 Å². The molecule has 3 aliphatic heterocycles. The zero-order chi connectivity index (χ0) is 30.2. The first kappa shape index (κ1) is 28.0. The normalized spacial score (nSPS) is 33.0. The monoisotopic (exact) mass is 579 g/mol. The third-order valence-corrected chi connectivity index (χ3v) is 9.64. The van der Waals surface area contributed by atoms with E-state index in [1.807, 2.05) is 0 Å². The number of esters is 3. The number of benzene rings is 2. The van der Waals surface area contributed by atoms with E-state index >= 15 is 0 Å². The summed E-state index contributed by atoms with van der Waals surface area (Å²) in [6, 6.07) is 13.2. The van der Waals surface area contributed by atoms with Gasteiger partial charge in [0.15, 0.2) is 12.3 Å². The molecule has 4 aliphatic rings. The van der Waals surface area contributed by atoms with Crippen LogP contribution in [0.4, 0.5) is 0 Å². The van der Waals surface area contributed by atoms with Crippen LogP contribution in [-0.4, -0.2) is 72.1 Å². The number of ether oxygens (including phenoxy) is 5. The maximum Gasteiger partial charge on any atom is 0.338 e. The summed E-state index contributed by atoms with van der Waals surface area (Å²) in [5.41, 5.74) is -5.71. The van der Waals surface area contributed by atoms with Crippen LogP contribution in [0.25, 0.3) is 0 Å². The summed E-state index contributed by atoms with van der Waals surface area (Å²) in [7, 11) is 2.99. The van der Waals surface area contributed by atoms with Crippen molar-refractivity contribution in [2.45, 2.75) is 64.2 Å². The van der Waals surface area contributed by atoms with E-state index in [1.165, 1.54) is 19.1 Å². The molecular weight excluding hydrogens is 546 g/mol. The predicted molar refractivity (Wildman–Crippen MR) is 144 cm³/mol. The van der Waals surface area contributed by atoms with E-state index in [2.05, 4.69) is 0 Å². The quantitative estimate of drug-likeness (QED) is 0.402. The molecule has 1 saturated carbocycles. The first-order valence-electron chi connectivity index (χ1n) is 13.8. The Balaban J connectivity index is 1.55. The van der Waals surface area contributed by atoms with Crippen molar-refractivity contribution in [3.05, 3.63) is 59.7 Å². The molecule has 0 aromatic heterocycles. The van der Waals surface area contributed by atoms with Gasteiger partial charge in [-0.3, -0.25) is 19.3 Å². The maximum absolute atomic E-state index is 14.5. The molecule has 0 radical (unpaired) electrons. The highest BCUT2D eigenvalue weighted by atomic mass is 16.6. The molecule has 6 atom stereocenters. The number of methoxy groups -OCH3 is 2. The predicted octanol–water partition coefficient (Wildman–Crippen LogP) is 2.62. The Morgan fingerprint density at radius 1 is 1.05 bits per heavy atom. The van der Waals surface area contributed by atoms with Crippen molar-refractivity contribution in [3.8, 4) is 11.5 Å². The molecule has 1 amide bonds. The van der Waals surface area contributed by atoms with Gasteiger partial charge in [-0.15, -0.1) is 0 Å². The third-order valence-electron chi connectivity index (χ3n) is 9.64. The zero-order valence-corrected chi connectivity index (χ0v) is 24.0. The van der Waals surface area contributed by atoms with Crippen LogP contribution in [0, 0.1) is 16.2 Å². The van der Waals surface area contributed by atoms with Gasteiger partial charge in [0.1, 0.15) is 28.4 Å². The van der Waals surface area contributed by atoms with Gasteiger partial charge in [0.2, 0.25) is 0 Å². The lowest BCUT2D eigenvalue weighted by atomic mass is 9.52. The smallest absolute Gasteiger partial charge is 0.338 e. The fourth-order valence-electron chi connectivity index (χ4n) is 7.67. The minimum atomic E-state index is -1.87. The highest BCUT2D eigenvalue weighted by Crippen LogP contribution is 2.76. The molecule has 2 aromatic rings. The van der Waals surface area contributed by atoms with Gasteiger partial charge in [-0.1, -0.05) is 39.0 Å². The van der Waals surface area contributed by atoms with E-state index in [-0.39, 0.29) is 18.5 Å². The SMILES string of the molecule is COc1ccc(CN2C(=O)[C@@H](OC(=O)c3ccccc3)[C@@]34[C@@H]2OC(=O)[C@@]32CC(=O)O[C@H]2C[C@@]4(O)C(C)(C)C)c(OC)c1. The Kier molecular flexibility index (Phi) is 6.13. The Morgan fingerprint density at radius 2 is 1.76 bits per heavy atom. The molecule has 11 heteroatoms. The summed E-state index contributed by atoms with van der Waals surface area (Å²) < 4.78 is 28.5.